The maximum absolute atomic E-state index is 12.1. The van der Waals surface area contributed by atoms with Crippen LogP contribution in [0.4, 0.5) is 11.4 Å². The average Bonchev–Trinajstić information content (AvgIpc) is 2.78. The largest absolute Gasteiger partial charge is 0.497 e. The lowest BCUT2D eigenvalue weighted by molar-refractivity contribution is -0.118. The zero-order valence-electron chi connectivity index (χ0n) is 16.8. The molecule has 0 aliphatic heterocycles. The Morgan fingerprint density at radius 2 is 1.57 bits per heavy atom. The van der Waals surface area contributed by atoms with Gasteiger partial charge in [-0.1, -0.05) is 17.7 Å². The van der Waals surface area contributed by atoms with Crippen molar-refractivity contribution in [3.8, 4) is 17.2 Å². The van der Waals surface area contributed by atoms with Gasteiger partial charge in [-0.2, -0.15) is 0 Å². The Morgan fingerprint density at radius 3 is 2.23 bits per heavy atom. The molecule has 3 rings (SSSR count). The molecule has 0 atom stereocenters. The zero-order chi connectivity index (χ0) is 21.3. The Morgan fingerprint density at radius 1 is 0.867 bits per heavy atom. The highest BCUT2D eigenvalue weighted by atomic mass is 35.5. The van der Waals surface area contributed by atoms with E-state index in [0.717, 1.165) is 17.0 Å². The van der Waals surface area contributed by atoms with Gasteiger partial charge in [0.05, 0.1) is 14.2 Å². The third-order valence-corrected chi connectivity index (χ3v) is 4.55. The fourth-order valence-corrected chi connectivity index (χ4v) is 2.85. The van der Waals surface area contributed by atoms with Crippen LogP contribution in [0.5, 0.6) is 17.2 Å². The summed E-state index contributed by atoms with van der Waals surface area (Å²) in [7, 11) is 3.20. The molecule has 1 amide bonds. The molecule has 0 spiro atoms. The van der Waals surface area contributed by atoms with Crippen LogP contribution in [0.2, 0.25) is 5.02 Å². The van der Waals surface area contributed by atoms with Gasteiger partial charge in [-0.15, -0.1) is 0 Å². The van der Waals surface area contributed by atoms with Gasteiger partial charge in [-0.3, -0.25) is 4.79 Å². The molecule has 0 fully saturated rings. The Kier molecular flexibility index (Phi) is 7.40. The number of hydrogen-bond donors (Lipinski definition) is 2. The standard InChI is InChI=1S/C23H23ClN2O4/c1-28-20-10-8-18(9-11-20)25-14-16-3-12-21(22(13-16)29-2)30-15-23(27)26-19-6-4-17(24)5-7-19/h3-13,25H,14-15H2,1-2H3,(H,26,27). The summed E-state index contributed by atoms with van der Waals surface area (Å²) in [6.07, 6.45) is 0. The van der Waals surface area contributed by atoms with Gasteiger partial charge >= 0.3 is 0 Å². The number of rotatable bonds is 9. The summed E-state index contributed by atoms with van der Waals surface area (Å²) in [6, 6.07) is 20.2. The minimum Gasteiger partial charge on any atom is -0.497 e. The van der Waals surface area contributed by atoms with Crippen molar-refractivity contribution in [3.05, 3.63) is 77.3 Å². The lowest BCUT2D eigenvalue weighted by Gasteiger charge is -2.13. The van der Waals surface area contributed by atoms with Gasteiger partial charge in [0, 0.05) is 22.9 Å². The zero-order valence-corrected chi connectivity index (χ0v) is 17.5. The molecule has 2 N–H and O–H groups in total. The first-order valence-electron chi connectivity index (χ1n) is 9.30. The van der Waals surface area contributed by atoms with Crippen LogP contribution in [0.15, 0.2) is 66.7 Å². The molecule has 30 heavy (non-hydrogen) atoms. The van der Waals surface area contributed by atoms with Gasteiger partial charge in [0.25, 0.3) is 5.91 Å². The van der Waals surface area contributed by atoms with Crippen LogP contribution in [-0.2, 0) is 11.3 Å². The quantitative estimate of drug-likeness (QED) is 0.504. The molecule has 0 unspecified atom stereocenters. The lowest BCUT2D eigenvalue weighted by atomic mass is 10.2. The van der Waals surface area contributed by atoms with Crippen LogP contribution in [0.1, 0.15) is 5.56 Å². The third-order valence-electron chi connectivity index (χ3n) is 4.30. The van der Waals surface area contributed by atoms with E-state index in [2.05, 4.69) is 10.6 Å². The SMILES string of the molecule is COc1ccc(NCc2ccc(OCC(=O)Nc3ccc(Cl)cc3)c(OC)c2)cc1. The van der Waals surface area contributed by atoms with E-state index in [1.807, 2.05) is 36.4 Å². The second-order valence-corrected chi connectivity index (χ2v) is 6.85. The van der Waals surface area contributed by atoms with Gasteiger partial charge in [-0.05, 0) is 66.2 Å². The van der Waals surface area contributed by atoms with Gasteiger partial charge in [0.15, 0.2) is 18.1 Å². The summed E-state index contributed by atoms with van der Waals surface area (Å²) in [6.45, 7) is 0.475. The molecule has 6 nitrogen and oxygen atoms in total. The first kappa shape index (κ1) is 21.3. The molecule has 0 aromatic heterocycles. The lowest BCUT2D eigenvalue weighted by Crippen LogP contribution is -2.20. The molecule has 0 aliphatic carbocycles. The molecule has 0 heterocycles. The smallest absolute Gasteiger partial charge is 0.262 e. The van der Waals surface area contributed by atoms with E-state index < -0.39 is 0 Å². The number of amides is 1. The van der Waals surface area contributed by atoms with Crippen molar-refractivity contribution in [2.24, 2.45) is 0 Å². The number of benzene rings is 3. The normalized spacial score (nSPS) is 10.2. The second kappa shape index (κ2) is 10.4. The van der Waals surface area contributed by atoms with Crippen molar-refractivity contribution < 1.29 is 19.0 Å². The number of hydrogen-bond acceptors (Lipinski definition) is 5. The molecule has 0 saturated heterocycles. The minimum atomic E-state index is -0.273. The number of carbonyl (C=O) groups excluding carboxylic acids is 1. The second-order valence-electron chi connectivity index (χ2n) is 6.41. The van der Waals surface area contributed by atoms with E-state index in [1.165, 1.54) is 0 Å². The van der Waals surface area contributed by atoms with Crippen molar-refractivity contribution in [1.82, 2.24) is 0 Å². The summed E-state index contributed by atoms with van der Waals surface area (Å²) in [5.41, 5.74) is 2.65. The molecule has 7 heteroatoms. The van der Waals surface area contributed by atoms with Crippen molar-refractivity contribution >= 4 is 28.9 Å². The number of anilines is 2. The van der Waals surface area contributed by atoms with E-state index in [9.17, 15) is 4.79 Å². The highest BCUT2D eigenvalue weighted by Gasteiger charge is 2.09. The summed E-state index contributed by atoms with van der Waals surface area (Å²) < 4.78 is 16.2. The van der Waals surface area contributed by atoms with E-state index in [-0.39, 0.29) is 12.5 Å². The van der Waals surface area contributed by atoms with Gasteiger partial charge < -0.3 is 24.8 Å². The predicted octanol–water partition coefficient (Wildman–Crippen LogP) is 4.99. The molecular formula is C23H23ClN2O4. The fourth-order valence-electron chi connectivity index (χ4n) is 2.73. The molecule has 3 aromatic carbocycles. The number of methoxy groups -OCH3 is 2. The Balaban J connectivity index is 1.55. The summed E-state index contributed by atoms with van der Waals surface area (Å²) in [5.74, 6) is 1.59. The van der Waals surface area contributed by atoms with Crippen molar-refractivity contribution in [2.75, 3.05) is 31.5 Å². The van der Waals surface area contributed by atoms with Crippen LogP contribution in [0.25, 0.3) is 0 Å². The molecule has 3 aromatic rings. The highest BCUT2D eigenvalue weighted by molar-refractivity contribution is 6.30. The fraction of sp³-hybridized carbons (Fsp3) is 0.174. The molecule has 0 aliphatic rings. The molecule has 0 radical (unpaired) electrons. The maximum Gasteiger partial charge on any atom is 0.262 e. The van der Waals surface area contributed by atoms with Crippen LogP contribution < -0.4 is 24.8 Å². The summed E-state index contributed by atoms with van der Waals surface area (Å²) in [5, 5.41) is 6.70. The monoisotopic (exact) mass is 426 g/mol. The predicted molar refractivity (Wildman–Crippen MR) is 119 cm³/mol. The third kappa shape index (κ3) is 6.06. The molecule has 0 bridgehead atoms. The van der Waals surface area contributed by atoms with Gasteiger partial charge in [-0.25, -0.2) is 0 Å². The van der Waals surface area contributed by atoms with E-state index >= 15 is 0 Å². The number of ether oxygens (including phenoxy) is 3. The summed E-state index contributed by atoms with van der Waals surface area (Å²) in [4.78, 5) is 12.1. The number of nitrogens with one attached hydrogen (secondary N) is 2. The molecular weight excluding hydrogens is 404 g/mol. The summed E-state index contributed by atoms with van der Waals surface area (Å²) >= 11 is 5.84. The van der Waals surface area contributed by atoms with Crippen LogP contribution >= 0.6 is 11.6 Å². The minimum absolute atomic E-state index is 0.136. The Bertz CT molecular complexity index is 975. The maximum atomic E-state index is 12.1. The van der Waals surface area contributed by atoms with Crippen molar-refractivity contribution in [2.45, 2.75) is 6.54 Å². The number of carbonyl (C=O) groups is 1. The van der Waals surface area contributed by atoms with Crippen LogP contribution in [0, 0.1) is 0 Å². The van der Waals surface area contributed by atoms with E-state index in [0.29, 0.717) is 28.8 Å². The topological polar surface area (TPSA) is 68.8 Å². The van der Waals surface area contributed by atoms with Crippen molar-refractivity contribution in [3.63, 3.8) is 0 Å². The van der Waals surface area contributed by atoms with E-state index in [4.69, 9.17) is 25.8 Å². The van der Waals surface area contributed by atoms with Gasteiger partial charge in [0.2, 0.25) is 0 Å². The first-order valence-corrected chi connectivity index (χ1v) is 9.68. The Hall–Kier alpha value is -3.38. The Labute approximate surface area is 180 Å². The number of halogens is 1. The molecule has 156 valence electrons. The van der Waals surface area contributed by atoms with Crippen LogP contribution in [0.3, 0.4) is 0 Å². The van der Waals surface area contributed by atoms with Gasteiger partial charge in [0.1, 0.15) is 5.75 Å². The molecule has 0 saturated carbocycles. The van der Waals surface area contributed by atoms with E-state index in [1.54, 1.807) is 44.6 Å². The first-order chi connectivity index (χ1) is 14.6. The van der Waals surface area contributed by atoms with Crippen molar-refractivity contribution in [1.29, 1.82) is 0 Å². The average molecular weight is 427 g/mol. The highest BCUT2D eigenvalue weighted by Crippen LogP contribution is 2.28. The van der Waals surface area contributed by atoms with Crippen LogP contribution in [-0.4, -0.2) is 26.7 Å².